The molecule has 0 bridgehead atoms. The summed E-state index contributed by atoms with van der Waals surface area (Å²) in [7, 11) is 0. The molecule has 34 heavy (non-hydrogen) atoms. The summed E-state index contributed by atoms with van der Waals surface area (Å²) in [6.45, 7) is 3.75. The smallest absolute Gasteiger partial charge is 0.316 e. The molecule has 0 saturated carbocycles. The van der Waals surface area contributed by atoms with E-state index in [1.807, 2.05) is 78.9 Å². The van der Waals surface area contributed by atoms with Crippen molar-refractivity contribution in [3.63, 3.8) is 0 Å². The maximum absolute atomic E-state index is 13.2. The van der Waals surface area contributed by atoms with Gasteiger partial charge in [0.15, 0.2) is 0 Å². The minimum atomic E-state index is -0.846. The molecule has 0 saturated heterocycles. The topological polar surface area (TPSA) is 79.3 Å². The number of aliphatic carboxylic acids is 1. The lowest BCUT2D eigenvalue weighted by atomic mass is 10.1. The zero-order valence-corrected chi connectivity index (χ0v) is 20.5. The fourth-order valence-electron chi connectivity index (χ4n) is 3.33. The summed E-state index contributed by atoms with van der Waals surface area (Å²) in [6.07, 6.45) is 0.939. The van der Waals surface area contributed by atoms with Gasteiger partial charge in [-0.1, -0.05) is 61.5 Å². The maximum atomic E-state index is 13.2. The number of aryl methyl sites for hydroxylation is 1. The first-order chi connectivity index (χ1) is 16.4. The van der Waals surface area contributed by atoms with Crippen LogP contribution < -0.4 is 5.32 Å². The second kappa shape index (κ2) is 10.7. The van der Waals surface area contributed by atoms with Crippen molar-refractivity contribution >= 4 is 40.7 Å². The second-order valence-corrected chi connectivity index (χ2v) is 10.1. The number of aromatic nitrogens is 1. The molecule has 0 aliphatic heterocycles. The molecule has 172 valence electrons. The number of nitrogens with zero attached hydrogens (tertiary/aromatic N) is 1. The summed E-state index contributed by atoms with van der Waals surface area (Å²) < 4.78 is 0. The predicted octanol–water partition coefficient (Wildman–Crippen LogP) is 6.86. The quantitative estimate of drug-likeness (QED) is 0.265. The molecule has 5 nitrogen and oxygen atoms in total. The largest absolute Gasteiger partial charge is 0.480 e. The van der Waals surface area contributed by atoms with Gasteiger partial charge in [-0.2, -0.15) is 0 Å². The highest BCUT2D eigenvalue weighted by Gasteiger charge is 2.21. The van der Waals surface area contributed by atoms with Gasteiger partial charge >= 0.3 is 5.97 Å². The zero-order chi connectivity index (χ0) is 24.1. The fourth-order valence-corrected chi connectivity index (χ4v) is 5.20. The summed E-state index contributed by atoms with van der Waals surface area (Å²) in [5.74, 6) is -1.10. The van der Waals surface area contributed by atoms with E-state index in [4.69, 9.17) is 10.1 Å². The molecule has 4 aromatic rings. The van der Waals surface area contributed by atoms with Crippen molar-refractivity contribution in [2.75, 3.05) is 5.32 Å². The van der Waals surface area contributed by atoms with Crippen molar-refractivity contribution in [2.24, 2.45) is 0 Å². The maximum Gasteiger partial charge on any atom is 0.316 e. The van der Waals surface area contributed by atoms with E-state index in [0.717, 1.165) is 38.0 Å². The Balaban J connectivity index is 1.64. The SMILES string of the molecule is CCc1ccc(NC(=O)c2nc(-c3ccc(SC(C)C(=O)O)cc3)sc2-c2ccccc2)cc1. The zero-order valence-electron chi connectivity index (χ0n) is 18.8. The first-order valence-electron chi connectivity index (χ1n) is 10.9. The fraction of sp³-hybridized carbons (Fsp3) is 0.148. The van der Waals surface area contributed by atoms with E-state index >= 15 is 0 Å². The van der Waals surface area contributed by atoms with Crippen molar-refractivity contribution in [1.82, 2.24) is 4.98 Å². The van der Waals surface area contributed by atoms with Crippen LogP contribution in [0.1, 0.15) is 29.9 Å². The predicted molar refractivity (Wildman–Crippen MR) is 140 cm³/mol. The number of carboxylic acid groups (broad SMARTS) is 1. The number of thiazole rings is 1. The normalized spacial score (nSPS) is 11.7. The molecule has 7 heteroatoms. The molecule has 3 aromatic carbocycles. The van der Waals surface area contributed by atoms with Gasteiger partial charge in [0.2, 0.25) is 0 Å². The highest BCUT2D eigenvalue weighted by molar-refractivity contribution is 8.00. The lowest BCUT2D eigenvalue weighted by Gasteiger charge is -2.06. The highest BCUT2D eigenvalue weighted by Crippen LogP contribution is 2.36. The van der Waals surface area contributed by atoms with Crippen LogP contribution in [0.25, 0.3) is 21.0 Å². The van der Waals surface area contributed by atoms with Crippen LogP contribution >= 0.6 is 23.1 Å². The average molecular weight is 489 g/mol. The first kappa shape index (κ1) is 23.7. The van der Waals surface area contributed by atoms with Gasteiger partial charge in [-0.05, 0) is 48.7 Å². The van der Waals surface area contributed by atoms with E-state index in [9.17, 15) is 9.59 Å². The molecule has 0 fully saturated rings. The number of amides is 1. The Kier molecular flexibility index (Phi) is 7.45. The van der Waals surface area contributed by atoms with Gasteiger partial charge in [-0.3, -0.25) is 9.59 Å². The summed E-state index contributed by atoms with van der Waals surface area (Å²) in [5, 5.41) is 12.3. The molecule has 1 atom stereocenters. The van der Waals surface area contributed by atoms with E-state index in [2.05, 4.69) is 12.2 Å². The lowest BCUT2D eigenvalue weighted by Crippen LogP contribution is -2.13. The van der Waals surface area contributed by atoms with Gasteiger partial charge in [0.05, 0.1) is 4.88 Å². The van der Waals surface area contributed by atoms with Crippen LogP contribution in [0.4, 0.5) is 5.69 Å². The number of carbonyl (C=O) groups excluding carboxylic acids is 1. The third-order valence-electron chi connectivity index (χ3n) is 5.26. The lowest BCUT2D eigenvalue weighted by molar-refractivity contribution is -0.136. The van der Waals surface area contributed by atoms with E-state index < -0.39 is 11.2 Å². The van der Waals surface area contributed by atoms with Crippen molar-refractivity contribution in [2.45, 2.75) is 30.4 Å². The Morgan fingerprint density at radius 3 is 2.26 bits per heavy atom. The Morgan fingerprint density at radius 1 is 0.971 bits per heavy atom. The van der Waals surface area contributed by atoms with Crippen LogP contribution in [0.3, 0.4) is 0 Å². The molecule has 4 rings (SSSR count). The van der Waals surface area contributed by atoms with Crippen molar-refractivity contribution in [3.8, 4) is 21.0 Å². The summed E-state index contributed by atoms with van der Waals surface area (Å²) in [5.41, 5.74) is 4.12. The number of thioether (sulfide) groups is 1. The monoisotopic (exact) mass is 488 g/mol. The molecule has 1 aromatic heterocycles. The minimum absolute atomic E-state index is 0.256. The van der Waals surface area contributed by atoms with Crippen molar-refractivity contribution < 1.29 is 14.7 Å². The van der Waals surface area contributed by atoms with Crippen LogP contribution in [0.2, 0.25) is 0 Å². The summed E-state index contributed by atoms with van der Waals surface area (Å²) in [4.78, 5) is 30.7. The van der Waals surface area contributed by atoms with E-state index in [0.29, 0.717) is 5.69 Å². The standard InChI is InChI=1S/C27H24N2O3S2/c1-3-18-9-13-21(14-10-18)28-25(30)23-24(19-7-5-4-6-8-19)34-26(29-23)20-11-15-22(16-12-20)33-17(2)27(31)32/h4-17H,3H2,1-2H3,(H,28,30)(H,31,32). The number of hydrogen-bond donors (Lipinski definition) is 2. The van der Waals surface area contributed by atoms with Gasteiger partial charge < -0.3 is 10.4 Å². The number of hydrogen-bond acceptors (Lipinski definition) is 5. The van der Waals surface area contributed by atoms with Crippen molar-refractivity contribution in [1.29, 1.82) is 0 Å². The molecule has 0 aliphatic carbocycles. The van der Waals surface area contributed by atoms with Gasteiger partial charge in [0.1, 0.15) is 16.0 Å². The molecular formula is C27H24N2O3S2. The molecule has 1 unspecified atom stereocenters. The van der Waals surface area contributed by atoms with E-state index in [1.54, 1.807) is 6.92 Å². The third-order valence-corrected chi connectivity index (χ3v) is 7.51. The van der Waals surface area contributed by atoms with Gasteiger partial charge in [0.25, 0.3) is 5.91 Å². The second-order valence-electron chi connectivity index (χ2n) is 7.69. The van der Waals surface area contributed by atoms with Gasteiger partial charge in [-0.15, -0.1) is 23.1 Å². The Labute approximate surface area is 206 Å². The van der Waals surface area contributed by atoms with E-state index in [1.165, 1.54) is 28.7 Å². The number of rotatable bonds is 8. The molecular weight excluding hydrogens is 464 g/mol. The van der Waals surface area contributed by atoms with Crippen LogP contribution in [-0.2, 0) is 11.2 Å². The molecule has 0 aliphatic rings. The highest BCUT2D eigenvalue weighted by atomic mass is 32.2. The summed E-state index contributed by atoms with van der Waals surface area (Å²) >= 11 is 2.75. The molecule has 2 N–H and O–H groups in total. The Hall–Kier alpha value is -3.42. The number of carbonyl (C=O) groups is 2. The molecule has 1 heterocycles. The van der Waals surface area contributed by atoms with Gasteiger partial charge in [-0.25, -0.2) is 4.98 Å². The van der Waals surface area contributed by atoms with Crippen LogP contribution in [0.5, 0.6) is 0 Å². The summed E-state index contributed by atoms with van der Waals surface area (Å²) in [6, 6.07) is 25.2. The number of anilines is 1. The Bertz CT molecular complexity index is 1280. The van der Waals surface area contributed by atoms with Crippen LogP contribution in [0, 0.1) is 0 Å². The number of nitrogens with one attached hydrogen (secondary N) is 1. The van der Waals surface area contributed by atoms with Crippen molar-refractivity contribution in [3.05, 3.63) is 90.1 Å². The Morgan fingerprint density at radius 2 is 1.65 bits per heavy atom. The van der Waals surface area contributed by atoms with E-state index in [-0.39, 0.29) is 5.91 Å². The number of benzene rings is 3. The van der Waals surface area contributed by atoms with Gasteiger partial charge in [0, 0.05) is 16.1 Å². The number of carboxylic acids is 1. The molecule has 0 spiro atoms. The van der Waals surface area contributed by atoms with Crippen LogP contribution in [0.15, 0.2) is 83.8 Å². The minimum Gasteiger partial charge on any atom is -0.480 e. The molecule has 0 radical (unpaired) electrons. The average Bonchev–Trinajstić information content (AvgIpc) is 3.31. The first-order valence-corrected chi connectivity index (χ1v) is 12.6. The van der Waals surface area contributed by atoms with Crippen LogP contribution in [-0.4, -0.2) is 27.2 Å². The molecule has 1 amide bonds. The third kappa shape index (κ3) is 5.55.